The van der Waals surface area contributed by atoms with E-state index in [-0.39, 0.29) is 0 Å². The molecule has 20 heavy (non-hydrogen) atoms. The van der Waals surface area contributed by atoms with Crippen LogP contribution in [0.1, 0.15) is 18.7 Å². The molecule has 112 valence electrons. The van der Waals surface area contributed by atoms with Crippen LogP contribution in [-0.4, -0.2) is 62.2 Å². The second kappa shape index (κ2) is 7.01. The van der Waals surface area contributed by atoms with Crippen LogP contribution in [0.4, 0.5) is 5.95 Å². The summed E-state index contributed by atoms with van der Waals surface area (Å²) in [6.45, 7) is 5.84. The van der Waals surface area contributed by atoms with Crippen LogP contribution in [-0.2, 0) is 15.9 Å². The zero-order chi connectivity index (χ0) is 13.6. The third-order valence-electron chi connectivity index (χ3n) is 3.71. The number of aromatic nitrogens is 2. The molecule has 0 spiro atoms. The van der Waals surface area contributed by atoms with Crippen LogP contribution in [0.5, 0.6) is 0 Å². The minimum Gasteiger partial charge on any atom is -0.378 e. The molecule has 0 unspecified atom stereocenters. The number of anilines is 1. The largest absolute Gasteiger partial charge is 0.378 e. The number of ether oxygens (including phenoxy) is 2. The Kier molecular flexibility index (Phi) is 4.83. The molecule has 0 bridgehead atoms. The minimum atomic E-state index is 0.373. The van der Waals surface area contributed by atoms with E-state index < -0.39 is 0 Å². The fraction of sp³-hybridized carbons (Fsp3) is 0.846. The van der Waals surface area contributed by atoms with Gasteiger partial charge in [0, 0.05) is 13.1 Å². The van der Waals surface area contributed by atoms with E-state index in [1.165, 1.54) is 0 Å². The Labute approximate surface area is 118 Å². The lowest BCUT2D eigenvalue weighted by Crippen LogP contribution is -2.36. The predicted octanol–water partition coefficient (Wildman–Crippen LogP) is 0.217. The van der Waals surface area contributed by atoms with E-state index in [1.807, 2.05) is 0 Å². The second-order valence-corrected chi connectivity index (χ2v) is 5.16. The molecule has 1 aromatic heterocycles. The van der Waals surface area contributed by atoms with Crippen molar-refractivity contribution < 1.29 is 14.0 Å². The molecule has 1 aromatic rings. The highest BCUT2D eigenvalue weighted by Gasteiger charge is 2.18. The van der Waals surface area contributed by atoms with Crippen LogP contribution in [0.2, 0.25) is 0 Å². The molecule has 7 heteroatoms. The Morgan fingerprint density at radius 3 is 2.85 bits per heavy atom. The molecule has 0 aliphatic carbocycles. The maximum absolute atomic E-state index is 5.84. The van der Waals surface area contributed by atoms with Gasteiger partial charge in [-0.1, -0.05) is 0 Å². The van der Waals surface area contributed by atoms with E-state index in [0.717, 1.165) is 52.2 Å². The van der Waals surface area contributed by atoms with E-state index in [2.05, 4.69) is 20.4 Å². The van der Waals surface area contributed by atoms with Gasteiger partial charge in [0.2, 0.25) is 5.89 Å². The number of hydrogen-bond donors (Lipinski definition) is 1. The number of hydrogen-bond acceptors (Lipinski definition) is 7. The standard InChI is InChI=1S/C13H22N4O3/c1-4-14-5-2-11(1)19-8-3-12-15-13(16-20-12)17-6-9-18-10-7-17/h11,14H,1-10H2. The summed E-state index contributed by atoms with van der Waals surface area (Å²) in [5.74, 6) is 1.32. The minimum absolute atomic E-state index is 0.373. The van der Waals surface area contributed by atoms with Crippen LogP contribution in [0.15, 0.2) is 4.52 Å². The Hall–Kier alpha value is -1.18. The van der Waals surface area contributed by atoms with E-state index in [1.54, 1.807) is 0 Å². The molecule has 2 aliphatic heterocycles. The number of nitrogens with zero attached hydrogens (tertiary/aromatic N) is 3. The Bertz CT molecular complexity index is 400. The van der Waals surface area contributed by atoms with Gasteiger partial charge in [0.25, 0.3) is 5.95 Å². The van der Waals surface area contributed by atoms with Crippen molar-refractivity contribution in [3.05, 3.63) is 5.89 Å². The molecule has 1 N–H and O–H groups in total. The summed E-state index contributed by atoms with van der Waals surface area (Å²) >= 11 is 0. The summed E-state index contributed by atoms with van der Waals surface area (Å²) in [6.07, 6.45) is 3.23. The normalized spacial score (nSPS) is 21.3. The van der Waals surface area contributed by atoms with Gasteiger partial charge in [0.1, 0.15) is 0 Å². The SMILES string of the molecule is C1CC(OCCc2nc(N3CCOCC3)no2)CCN1. The van der Waals surface area contributed by atoms with Gasteiger partial charge in [-0.15, -0.1) is 0 Å². The van der Waals surface area contributed by atoms with Gasteiger partial charge in [0.15, 0.2) is 0 Å². The highest BCUT2D eigenvalue weighted by atomic mass is 16.5. The van der Waals surface area contributed by atoms with Gasteiger partial charge in [-0.05, 0) is 31.1 Å². The van der Waals surface area contributed by atoms with Gasteiger partial charge in [-0.3, -0.25) is 0 Å². The number of morpholine rings is 1. The topological polar surface area (TPSA) is 72.7 Å². The van der Waals surface area contributed by atoms with Crippen LogP contribution < -0.4 is 10.2 Å². The predicted molar refractivity (Wildman–Crippen MR) is 72.9 cm³/mol. The Morgan fingerprint density at radius 1 is 1.25 bits per heavy atom. The average Bonchev–Trinajstić information content (AvgIpc) is 2.98. The lowest BCUT2D eigenvalue weighted by molar-refractivity contribution is 0.0322. The zero-order valence-corrected chi connectivity index (χ0v) is 11.7. The summed E-state index contributed by atoms with van der Waals surface area (Å²) < 4.78 is 16.4. The smallest absolute Gasteiger partial charge is 0.266 e. The molecule has 0 amide bonds. The molecule has 0 radical (unpaired) electrons. The molecular weight excluding hydrogens is 260 g/mol. The van der Waals surface area contributed by atoms with Crippen LogP contribution in [0.3, 0.4) is 0 Å². The monoisotopic (exact) mass is 282 g/mol. The van der Waals surface area contributed by atoms with Crippen molar-refractivity contribution in [2.45, 2.75) is 25.4 Å². The number of nitrogens with one attached hydrogen (secondary N) is 1. The molecule has 3 rings (SSSR count). The van der Waals surface area contributed by atoms with Gasteiger partial charge >= 0.3 is 0 Å². The molecule has 3 heterocycles. The molecule has 2 fully saturated rings. The lowest BCUT2D eigenvalue weighted by Gasteiger charge is -2.24. The number of rotatable bonds is 5. The molecule has 0 atom stereocenters. The lowest BCUT2D eigenvalue weighted by atomic mass is 10.1. The maximum Gasteiger partial charge on any atom is 0.266 e. The van der Waals surface area contributed by atoms with Crippen molar-refractivity contribution in [2.24, 2.45) is 0 Å². The fourth-order valence-electron chi connectivity index (χ4n) is 2.51. The molecular formula is C13H22N4O3. The van der Waals surface area contributed by atoms with Crippen LogP contribution >= 0.6 is 0 Å². The summed E-state index contributed by atoms with van der Waals surface area (Å²) in [7, 11) is 0. The first-order valence-corrected chi connectivity index (χ1v) is 7.39. The first-order chi connectivity index (χ1) is 9.92. The summed E-state index contributed by atoms with van der Waals surface area (Å²) in [5.41, 5.74) is 0. The van der Waals surface area contributed by atoms with E-state index >= 15 is 0 Å². The highest BCUT2D eigenvalue weighted by Crippen LogP contribution is 2.12. The van der Waals surface area contributed by atoms with Crippen molar-refractivity contribution >= 4 is 5.95 Å². The van der Waals surface area contributed by atoms with Crippen molar-refractivity contribution in [1.82, 2.24) is 15.5 Å². The molecule has 7 nitrogen and oxygen atoms in total. The van der Waals surface area contributed by atoms with Gasteiger partial charge in [-0.2, -0.15) is 4.98 Å². The molecule has 0 saturated carbocycles. The quantitative estimate of drug-likeness (QED) is 0.828. The fourth-order valence-corrected chi connectivity index (χ4v) is 2.51. The number of piperidine rings is 1. The third kappa shape index (κ3) is 3.68. The van der Waals surface area contributed by atoms with Crippen molar-refractivity contribution in [3.8, 4) is 0 Å². The van der Waals surface area contributed by atoms with Crippen molar-refractivity contribution in [3.63, 3.8) is 0 Å². The van der Waals surface area contributed by atoms with Crippen molar-refractivity contribution in [1.29, 1.82) is 0 Å². The summed E-state index contributed by atoms with van der Waals surface area (Å²) in [5, 5.41) is 7.35. The van der Waals surface area contributed by atoms with Gasteiger partial charge in [-0.25, -0.2) is 0 Å². The van der Waals surface area contributed by atoms with Crippen LogP contribution in [0, 0.1) is 0 Å². The van der Waals surface area contributed by atoms with E-state index in [4.69, 9.17) is 14.0 Å². The second-order valence-electron chi connectivity index (χ2n) is 5.16. The third-order valence-corrected chi connectivity index (χ3v) is 3.71. The van der Waals surface area contributed by atoms with Gasteiger partial charge < -0.3 is 24.2 Å². The maximum atomic E-state index is 5.84. The van der Waals surface area contributed by atoms with E-state index in [9.17, 15) is 0 Å². The van der Waals surface area contributed by atoms with Crippen molar-refractivity contribution in [2.75, 3.05) is 50.9 Å². The van der Waals surface area contributed by atoms with E-state index in [0.29, 0.717) is 31.0 Å². The summed E-state index contributed by atoms with van der Waals surface area (Å²) in [4.78, 5) is 6.50. The molecule has 0 aromatic carbocycles. The first-order valence-electron chi connectivity index (χ1n) is 7.39. The zero-order valence-electron chi connectivity index (χ0n) is 11.7. The van der Waals surface area contributed by atoms with Crippen LogP contribution in [0.25, 0.3) is 0 Å². The molecule has 2 aliphatic rings. The Morgan fingerprint density at radius 2 is 2.05 bits per heavy atom. The highest BCUT2D eigenvalue weighted by molar-refractivity contribution is 5.27. The first kappa shape index (κ1) is 13.8. The average molecular weight is 282 g/mol. The Balaban J connectivity index is 1.42. The van der Waals surface area contributed by atoms with Gasteiger partial charge in [0.05, 0.1) is 32.3 Å². The molecule has 2 saturated heterocycles. The summed E-state index contributed by atoms with van der Waals surface area (Å²) in [6, 6.07) is 0.